The van der Waals surface area contributed by atoms with Gasteiger partial charge in [0.25, 0.3) is 0 Å². The molecule has 1 aromatic rings. The molecule has 1 rings (SSSR count). The van der Waals surface area contributed by atoms with Crippen LogP contribution in [0.3, 0.4) is 0 Å². The molecular weight excluding hydrogens is 341 g/mol. The molecule has 0 aromatic heterocycles. The van der Waals surface area contributed by atoms with Crippen LogP contribution in [0.15, 0.2) is 24.3 Å². The van der Waals surface area contributed by atoms with E-state index >= 15 is 0 Å². The fraction of sp³-hybridized carbons (Fsp3) is 0.444. The van der Waals surface area contributed by atoms with Gasteiger partial charge in [0.1, 0.15) is 23.7 Å². The number of amides is 3. The molecule has 7 nitrogen and oxygen atoms in total. The molecule has 0 aliphatic carbocycles. The summed E-state index contributed by atoms with van der Waals surface area (Å²) in [5, 5.41) is 4.88. The minimum Gasteiger partial charge on any atom is -0.368 e. The molecule has 0 heterocycles. The van der Waals surface area contributed by atoms with Crippen LogP contribution >= 0.6 is 0 Å². The summed E-state index contributed by atoms with van der Waals surface area (Å²) < 4.78 is 13.8. The summed E-state index contributed by atoms with van der Waals surface area (Å²) in [6.45, 7) is 2.93. The maximum atomic E-state index is 13.8. The lowest BCUT2D eigenvalue weighted by Crippen LogP contribution is -2.53. The first-order chi connectivity index (χ1) is 12.2. The highest BCUT2D eigenvalue weighted by Gasteiger charge is 2.26. The third-order valence-electron chi connectivity index (χ3n) is 3.84. The summed E-state index contributed by atoms with van der Waals surface area (Å²) in [6.07, 6.45) is 0.404. The number of carbonyl (C=O) groups excluding carboxylic acids is 4. The second kappa shape index (κ2) is 10.3. The van der Waals surface area contributed by atoms with Gasteiger partial charge in [-0.1, -0.05) is 25.1 Å². The van der Waals surface area contributed by atoms with Crippen molar-refractivity contribution in [3.05, 3.63) is 35.6 Å². The van der Waals surface area contributed by atoms with Crippen LogP contribution in [0, 0.1) is 5.82 Å². The zero-order valence-corrected chi connectivity index (χ0v) is 14.9. The first-order valence-electron chi connectivity index (χ1n) is 8.36. The number of benzene rings is 1. The van der Waals surface area contributed by atoms with Gasteiger partial charge in [0.05, 0.1) is 0 Å². The van der Waals surface area contributed by atoms with Crippen molar-refractivity contribution in [3.63, 3.8) is 0 Å². The van der Waals surface area contributed by atoms with Crippen molar-refractivity contribution in [2.45, 2.75) is 51.6 Å². The molecule has 0 fully saturated rings. The van der Waals surface area contributed by atoms with Gasteiger partial charge in [0.15, 0.2) is 0 Å². The topological polar surface area (TPSA) is 118 Å². The van der Waals surface area contributed by atoms with E-state index in [0.717, 1.165) is 0 Å². The number of primary amides is 1. The third-order valence-corrected chi connectivity index (χ3v) is 3.84. The Bertz CT molecular complexity index is 678. The maximum absolute atomic E-state index is 13.8. The standard InChI is InChI=1S/C18H24FN3O4/c1-3-13(24)8-9-15(17(20)25)22-18(26)16(21-11(2)23)10-12-6-4-5-7-14(12)19/h4-7,15-16H,3,8-10H2,1-2H3,(H2,20,25)(H,21,23)(H,22,26)/t15-,16-/m0/s1. The highest BCUT2D eigenvalue weighted by atomic mass is 19.1. The average molecular weight is 365 g/mol. The third kappa shape index (κ3) is 7.00. The van der Waals surface area contributed by atoms with Crippen molar-refractivity contribution in [1.29, 1.82) is 0 Å². The number of nitrogens with one attached hydrogen (secondary N) is 2. The van der Waals surface area contributed by atoms with Gasteiger partial charge >= 0.3 is 0 Å². The lowest BCUT2D eigenvalue weighted by atomic mass is 10.0. The van der Waals surface area contributed by atoms with E-state index < -0.39 is 35.6 Å². The molecule has 0 unspecified atom stereocenters. The predicted molar refractivity (Wildman–Crippen MR) is 93.4 cm³/mol. The number of ketones is 1. The van der Waals surface area contributed by atoms with Gasteiger partial charge in [0, 0.05) is 26.2 Å². The van der Waals surface area contributed by atoms with E-state index in [1.54, 1.807) is 13.0 Å². The van der Waals surface area contributed by atoms with Crippen LogP contribution in [0.4, 0.5) is 4.39 Å². The first-order valence-corrected chi connectivity index (χ1v) is 8.36. The Morgan fingerprint density at radius 2 is 1.77 bits per heavy atom. The monoisotopic (exact) mass is 365 g/mol. The van der Waals surface area contributed by atoms with Gasteiger partial charge in [-0.2, -0.15) is 0 Å². The number of halogens is 1. The summed E-state index contributed by atoms with van der Waals surface area (Å²) in [5.74, 6) is -2.49. The Morgan fingerprint density at radius 1 is 1.12 bits per heavy atom. The molecule has 1 aromatic carbocycles. The molecule has 0 bridgehead atoms. The number of rotatable bonds is 10. The van der Waals surface area contributed by atoms with Gasteiger partial charge < -0.3 is 16.4 Å². The molecule has 3 amide bonds. The quantitative estimate of drug-likeness (QED) is 0.563. The number of Topliss-reactive ketones (excluding diaryl/α,β-unsaturated/α-hetero) is 1. The zero-order valence-electron chi connectivity index (χ0n) is 14.9. The fourth-order valence-corrected chi connectivity index (χ4v) is 2.38. The van der Waals surface area contributed by atoms with E-state index in [-0.39, 0.29) is 30.6 Å². The van der Waals surface area contributed by atoms with E-state index in [2.05, 4.69) is 10.6 Å². The zero-order chi connectivity index (χ0) is 19.7. The Kier molecular flexibility index (Phi) is 8.41. The molecule has 2 atom stereocenters. The molecule has 0 aliphatic rings. The second-order valence-electron chi connectivity index (χ2n) is 5.94. The minimum atomic E-state index is -1.08. The van der Waals surface area contributed by atoms with E-state index in [1.807, 2.05) is 0 Å². The number of hydrogen-bond donors (Lipinski definition) is 3. The molecule has 0 radical (unpaired) electrons. The fourth-order valence-electron chi connectivity index (χ4n) is 2.38. The number of carbonyl (C=O) groups is 4. The van der Waals surface area contributed by atoms with Crippen LogP contribution in [0.25, 0.3) is 0 Å². The number of nitrogens with two attached hydrogens (primary N) is 1. The van der Waals surface area contributed by atoms with Crippen molar-refractivity contribution in [2.24, 2.45) is 5.73 Å². The van der Waals surface area contributed by atoms with E-state index in [0.29, 0.717) is 6.42 Å². The van der Waals surface area contributed by atoms with Crippen molar-refractivity contribution >= 4 is 23.5 Å². The van der Waals surface area contributed by atoms with E-state index in [1.165, 1.54) is 25.1 Å². The Morgan fingerprint density at radius 3 is 2.31 bits per heavy atom. The van der Waals surface area contributed by atoms with Gasteiger partial charge in [-0.3, -0.25) is 19.2 Å². The van der Waals surface area contributed by atoms with Gasteiger partial charge in [-0.15, -0.1) is 0 Å². The summed E-state index contributed by atoms with van der Waals surface area (Å²) in [5.41, 5.74) is 5.53. The smallest absolute Gasteiger partial charge is 0.243 e. The van der Waals surface area contributed by atoms with Gasteiger partial charge in [0.2, 0.25) is 17.7 Å². The molecular formula is C18H24FN3O4. The van der Waals surface area contributed by atoms with Crippen LogP contribution in [0.2, 0.25) is 0 Å². The average Bonchev–Trinajstić information content (AvgIpc) is 2.58. The second-order valence-corrected chi connectivity index (χ2v) is 5.94. The predicted octanol–water partition coefficient (Wildman–Crippen LogP) is 0.602. The minimum absolute atomic E-state index is 0.0599. The van der Waals surface area contributed by atoms with Crippen LogP contribution in [0.5, 0.6) is 0 Å². The molecule has 142 valence electrons. The van der Waals surface area contributed by atoms with Gasteiger partial charge in [-0.25, -0.2) is 4.39 Å². The maximum Gasteiger partial charge on any atom is 0.243 e. The molecule has 4 N–H and O–H groups in total. The molecule has 0 saturated heterocycles. The van der Waals surface area contributed by atoms with Gasteiger partial charge in [-0.05, 0) is 18.1 Å². The summed E-state index contributed by atoms with van der Waals surface area (Å²) in [6, 6.07) is 3.76. The largest absolute Gasteiger partial charge is 0.368 e. The summed E-state index contributed by atoms with van der Waals surface area (Å²) >= 11 is 0. The molecule has 26 heavy (non-hydrogen) atoms. The summed E-state index contributed by atoms with van der Waals surface area (Å²) in [7, 11) is 0. The Labute approximate surface area is 151 Å². The van der Waals surface area contributed by atoms with Crippen molar-refractivity contribution in [1.82, 2.24) is 10.6 Å². The highest BCUT2D eigenvalue weighted by Crippen LogP contribution is 2.10. The molecule has 0 aliphatic heterocycles. The normalized spacial score (nSPS) is 12.7. The highest BCUT2D eigenvalue weighted by molar-refractivity contribution is 5.91. The van der Waals surface area contributed by atoms with Crippen molar-refractivity contribution in [3.8, 4) is 0 Å². The van der Waals surface area contributed by atoms with Crippen LogP contribution in [0.1, 0.15) is 38.7 Å². The van der Waals surface area contributed by atoms with E-state index in [4.69, 9.17) is 5.73 Å². The Balaban J connectivity index is 2.86. The van der Waals surface area contributed by atoms with Crippen LogP contribution < -0.4 is 16.4 Å². The van der Waals surface area contributed by atoms with Crippen molar-refractivity contribution in [2.75, 3.05) is 0 Å². The lowest BCUT2D eigenvalue weighted by Gasteiger charge is -2.21. The lowest BCUT2D eigenvalue weighted by molar-refractivity contribution is -0.131. The summed E-state index contributed by atoms with van der Waals surface area (Å²) in [4.78, 5) is 46.8. The first kappa shape index (κ1) is 21.3. The van der Waals surface area contributed by atoms with Crippen LogP contribution in [-0.2, 0) is 25.6 Å². The Hall–Kier alpha value is -2.77. The van der Waals surface area contributed by atoms with E-state index in [9.17, 15) is 23.6 Å². The van der Waals surface area contributed by atoms with Crippen LogP contribution in [-0.4, -0.2) is 35.6 Å². The van der Waals surface area contributed by atoms with Crippen molar-refractivity contribution < 1.29 is 23.6 Å². The molecule has 8 heteroatoms. The molecule has 0 spiro atoms. The molecule has 0 saturated carbocycles. The SMILES string of the molecule is CCC(=O)CC[C@H](NC(=O)[C@H](Cc1ccccc1F)NC(C)=O)C(N)=O. The number of hydrogen-bond acceptors (Lipinski definition) is 4.